The molecule has 4 saturated heterocycles. The zero-order chi connectivity index (χ0) is 96.5. The van der Waals surface area contributed by atoms with Gasteiger partial charge >= 0.3 is 11.9 Å². The van der Waals surface area contributed by atoms with Gasteiger partial charge in [0.1, 0.15) is 91.1 Å². The van der Waals surface area contributed by atoms with Crippen LogP contribution in [-0.4, -0.2) is 287 Å². The van der Waals surface area contributed by atoms with Crippen LogP contribution in [0.2, 0.25) is 5.02 Å². The van der Waals surface area contributed by atoms with E-state index in [1.165, 1.54) is 34.7 Å². The fourth-order valence-electron chi connectivity index (χ4n) is 17.8. The molecular weight excluding hydrogens is 1730 g/mol. The third kappa shape index (κ3) is 27.8. The van der Waals surface area contributed by atoms with Gasteiger partial charge in [0.05, 0.1) is 12.5 Å². The van der Waals surface area contributed by atoms with Crippen LogP contribution in [0.5, 0.6) is 0 Å². The van der Waals surface area contributed by atoms with E-state index in [9.17, 15) is 58.5 Å². The van der Waals surface area contributed by atoms with E-state index in [-0.39, 0.29) is 128 Å². The topological polar surface area (TPSA) is 574 Å². The first-order chi connectivity index (χ1) is 62.8. The average Bonchev–Trinajstić information content (AvgIpc) is 1.63. The van der Waals surface area contributed by atoms with Crippen LogP contribution in [0.4, 0.5) is 0 Å². The van der Waals surface area contributed by atoms with Crippen LogP contribution in [0.15, 0.2) is 85.2 Å². The first kappa shape index (κ1) is 104. The molecule has 2 aromatic heterocycles. The number of fused-ring (bicyclic) bond motifs is 5. The van der Waals surface area contributed by atoms with E-state index in [1.807, 2.05) is 13.8 Å². The number of primary amides is 1. The van der Waals surface area contributed by atoms with Gasteiger partial charge in [0.2, 0.25) is 88.6 Å². The number of aromatic amines is 1. The number of hydrogen-bond donors (Lipinski definition) is 16. The van der Waals surface area contributed by atoms with Crippen LogP contribution in [0.1, 0.15) is 180 Å². The van der Waals surface area contributed by atoms with Crippen molar-refractivity contribution in [3.05, 3.63) is 107 Å². The van der Waals surface area contributed by atoms with Crippen LogP contribution in [0, 0.1) is 11.8 Å². The molecule has 4 aliphatic heterocycles. The Morgan fingerprint density at radius 2 is 1.02 bits per heavy atom. The monoisotopic (exact) mass is 1860 g/mol. The maximum absolute atomic E-state index is 15.9. The molecule has 0 unspecified atom stereocenters. The van der Waals surface area contributed by atoms with Crippen molar-refractivity contribution in [1.82, 2.24) is 81.9 Å². The Morgan fingerprint density at radius 1 is 0.492 bits per heavy atom. The van der Waals surface area contributed by atoms with E-state index in [4.69, 9.17) is 28.8 Å². The molecule has 39 nitrogen and oxygen atoms in total. The van der Waals surface area contributed by atoms with E-state index < -0.39 is 217 Å². The van der Waals surface area contributed by atoms with Crippen LogP contribution in [0.3, 0.4) is 0 Å². The second kappa shape index (κ2) is 48.9. The number of para-hydroxylation sites is 2. The number of nitrogens with one attached hydrogen (secondary N) is 10. The lowest BCUT2D eigenvalue weighted by Crippen LogP contribution is -2.62. The first-order valence-corrected chi connectivity index (χ1v) is 46.1. The third-order valence-electron chi connectivity index (χ3n) is 24.8. The van der Waals surface area contributed by atoms with Crippen molar-refractivity contribution in [3.63, 3.8) is 0 Å². The van der Waals surface area contributed by atoms with Gasteiger partial charge in [-0.1, -0.05) is 127 Å². The Balaban J connectivity index is 1.09. The molecule has 0 spiro atoms. The summed E-state index contributed by atoms with van der Waals surface area (Å²) in [5.74, 6) is -16.6. The molecule has 4 aliphatic rings. The van der Waals surface area contributed by atoms with E-state index in [0.717, 1.165) is 14.7 Å². The minimum atomic E-state index is -1.83. The fraction of sp³-hybridized carbons (Fsp3) is 0.576. The Bertz CT molecular complexity index is 4970. The number of halogens is 1. The van der Waals surface area contributed by atoms with Crippen LogP contribution in [0.25, 0.3) is 21.8 Å². The summed E-state index contributed by atoms with van der Waals surface area (Å²) < 4.78 is 1.45. The minimum absolute atomic E-state index is 0.00451. The summed E-state index contributed by atoms with van der Waals surface area (Å²) >= 11 is 6.27. The van der Waals surface area contributed by atoms with Gasteiger partial charge in [-0.15, -0.1) is 0 Å². The molecule has 15 atom stereocenters. The number of aromatic nitrogens is 2. The quantitative estimate of drug-likeness (QED) is 0.0412. The molecule has 0 aliphatic carbocycles. The summed E-state index contributed by atoms with van der Waals surface area (Å²) in [7, 11) is 2.74. The Morgan fingerprint density at radius 3 is 1.65 bits per heavy atom. The van der Waals surface area contributed by atoms with Gasteiger partial charge in [0.25, 0.3) is 0 Å². The van der Waals surface area contributed by atoms with Gasteiger partial charge in [-0.05, 0) is 136 Å². The smallest absolute Gasteiger partial charge is 0.323 e. The maximum Gasteiger partial charge on any atom is 0.323 e. The number of nitrogens with zero attached hydrogens (tertiary/aromatic N) is 6. The number of carboxylic acid groups (broad SMARTS) is 2. The summed E-state index contributed by atoms with van der Waals surface area (Å²) in [4.78, 5) is 258. The number of rotatable bonds is 24. The van der Waals surface area contributed by atoms with E-state index in [2.05, 4.69) is 52.8 Å². The molecular formula is C92H130ClN19O20. The molecule has 5 aromatic rings. The normalized spacial score (nSPS) is 25.7. The molecule has 6 heterocycles. The average molecular weight is 1860 g/mol. The van der Waals surface area contributed by atoms with E-state index in [0.29, 0.717) is 82.0 Å². The number of carbonyl (C=O) groups excluding carboxylic acids is 15. The number of H-pyrrole nitrogens is 1. The van der Waals surface area contributed by atoms with E-state index in [1.54, 1.807) is 107 Å². The highest BCUT2D eigenvalue weighted by Gasteiger charge is 2.47. The lowest BCUT2D eigenvalue weighted by molar-refractivity contribution is -0.149. The second-order valence-corrected chi connectivity index (χ2v) is 36.1. The van der Waals surface area contributed by atoms with Gasteiger partial charge in [-0.3, -0.25) is 81.5 Å². The SMILES string of the molecule is CCCC[C@H]1C(=O)N(C)[C@@H](CCCC)C(=O)N[C@@H](CC(C)C)C(=O)N[C@H](C(N)=O)CCCC(=O)N[C@@H](Cc2ccc(Cl)cc2)C(=O)N2CCCC[C@H]2C(=O)N[C@@H](CC(=O)O)C(=O)N2CCC[C@H]2C(=O)N[C@@H](CN)C(=O)N[C@@H](CC(C)C)C(=O)N2C[C@H](O)C[C@H]2C(=O)N[C@@H](Cc2c[nH]c3ccccc23)C(=O)N[C@@H](CCN)C(=O)N[C@@H](Cc2cn(CC(=O)O)c3ccccc23)C(=O)N1C. The van der Waals surface area contributed by atoms with Crippen molar-refractivity contribution >= 4 is 134 Å². The zero-order valence-electron chi connectivity index (χ0n) is 76.3. The van der Waals surface area contributed by atoms with Crippen molar-refractivity contribution in [1.29, 1.82) is 0 Å². The number of nitrogens with two attached hydrogens (primary N) is 3. The summed E-state index contributed by atoms with van der Waals surface area (Å²) in [5.41, 5.74) is 21.0. The van der Waals surface area contributed by atoms with E-state index >= 15 is 38.4 Å². The molecule has 9 rings (SSSR count). The van der Waals surface area contributed by atoms with Crippen LogP contribution < -0.4 is 65.1 Å². The standard InChI is InChI=1S/C92H130ClN19O20/c1-9-11-25-71-84(124)101-63(39-51(3)4)81(121)99-61(79(96)119)24-19-30-76(114)98-66(41-53-31-33-56(93)34-32-53)89(129)110-37-18-17-28-72(110)85(125)105-68(45-77(115)116)90(130)111-38-20-29-73(111)86(126)106-69(46-95)83(123)103-65(40-52(5)6)91(131)112-49-57(113)44-75(112)87(127)102-64(42-54-47-97-60-23-15-13-21-58(54)60)82(122)100-62(35-36-94)80(120)104-67(88(128)108(8)74(26-12-10-2)92(132)107(71)7)43-55-48-109(50-78(117)118)70-27-16-14-22-59(55)70/h13-16,21-23,27,31-34,47-48,51-52,57,61-69,71-75,97,113H,9-12,17-20,24-26,28-30,35-46,49-50,94-95H2,1-8H3,(H2,96,119)(H,98,114)(H,99,121)(H,100,122)(H,101,124)(H,102,127)(H,103,123)(H,104,120)(H,105,125)(H,106,126)(H,115,116)(H,117,118)/t57-,61+,62+,63+,64+,65+,66+,67+,68+,69+,71+,72+,73+,74+,75+/m1/s1. The molecule has 4 fully saturated rings. The molecule has 0 bridgehead atoms. The number of carboxylic acids is 2. The van der Waals surface area contributed by atoms with Gasteiger partial charge < -0.3 is 114 Å². The summed E-state index contributed by atoms with van der Waals surface area (Å²) in [5, 5.41) is 57.8. The molecule has 0 radical (unpaired) electrons. The summed E-state index contributed by atoms with van der Waals surface area (Å²) in [6, 6.07) is -0.679. The number of carbonyl (C=O) groups is 17. The molecule has 720 valence electrons. The zero-order valence-corrected chi connectivity index (χ0v) is 77.0. The van der Waals surface area contributed by atoms with Crippen molar-refractivity contribution in [2.75, 3.05) is 46.8 Å². The van der Waals surface area contributed by atoms with Crippen molar-refractivity contribution in [2.45, 2.75) is 280 Å². The lowest BCUT2D eigenvalue weighted by atomic mass is 9.97. The molecule has 0 saturated carbocycles. The van der Waals surface area contributed by atoms with Crippen LogP contribution >= 0.6 is 11.6 Å². The largest absolute Gasteiger partial charge is 0.481 e. The predicted molar refractivity (Wildman–Crippen MR) is 487 cm³/mol. The number of likely N-dealkylation sites (N-methyl/N-ethyl adjacent to an activating group) is 2. The number of hydrogen-bond acceptors (Lipinski definition) is 20. The van der Waals surface area contributed by atoms with Crippen molar-refractivity contribution < 1.29 is 96.8 Å². The number of aliphatic carboxylic acids is 2. The fourth-order valence-corrected chi connectivity index (χ4v) is 18.0. The highest BCUT2D eigenvalue weighted by atomic mass is 35.5. The maximum atomic E-state index is 15.9. The third-order valence-corrected chi connectivity index (χ3v) is 25.0. The molecule has 15 amide bonds. The number of aliphatic hydroxyl groups is 1. The predicted octanol–water partition coefficient (Wildman–Crippen LogP) is 1.16. The van der Waals surface area contributed by atoms with Crippen molar-refractivity contribution in [3.8, 4) is 0 Å². The number of piperidine rings is 1. The highest BCUT2D eigenvalue weighted by Crippen LogP contribution is 2.30. The second-order valence-electron chi connectivity index (χ2n) is 35.7. The highest BCUT2D eigenvalue weighted by molar-refractivity contribution is 6.30. The van der Waals surface area contributed by atoms with Gasteiger partial charge in [-0.25, -0.2) is 0 Å². The summed E-state index contributed by atoms with van der Waals surface area (Å²) in [6.07, 6.45) is 1.31. The summed E-state index contributed by atoms with van der Waals surface area (Å²) in [6.45, 7) is 8.81. The lowest BCUT2D eigenvalue weighted by Gasteiger charge is -2.38. The van der Waals surface area contributed by atoms with Gasteiger partial charge in [-0.2, -0.15) is 0 Å². The molecule has 19 N–H and O–H groups in total. The van der Waals surface area contributed by atoms with Crippen LogP contribution in [-0.2, 0) is 107 Å². The minimum Gasteiger partial charge on any atom is -0.481 e. The Kier molecular flexibility index (Phi) is 38.4. The number of amides is 15. The van der Waals surface area contributed by atoms with Crippen molar-refractivity contribution in [2.24, 2.45) is 29.0 Å². The first-order valence-electron chi connectivity index (χ1n) is 45.7. The van der Waals surface area contributed by atoms with Gasteiger partial charge in [0, 0.05) is 112 Å². The molecule has 40 heteroatoms. The Hall–Kier alpha value is -12.1. The Labute approximate surface area is 771 Å². The number of aliphatic hydroxyl groups excluding tert-OH is 1. The molecule has 132 heavy (non-hydrogen) atoms. The molecule has 3 aromatic carbocycles. The number of unbranched alkanes of at least 4 members (excludes halogenated alkanes) is 2. The number of benzene rings is 3. The van der Waals surface area contributed by atoms with Gasteiger partial charge in [0.15, 0.2) is 0 Å².